The first-order chi connectivity index (χ1) is 11.1. The van der Waals surface area contributed by atoms with E-state index in [0.717, 1.165) is 27.7 Å². The van der Waals surface area contributed by atoms with Crippen LogP contribution in [0.25, 0.3) is 22.2 Å². The van der Waals surface area contributed by atoms with Gasteiger partial charge in [-0.2, -0.15) is 0 Å². The number of nitrogens with zero attached hydrogens (tertiary/aromatic N) is 1. The highest BCUT2D eigenvalue weighted by molar-refractivity contribution is 6.09. The molecule has 0 spiro atoms. The predicted octanol–water partition coefficient (Wildman–Crippen LogP) is 4.35. The highest BCUT2D eigenvalue weighted by atomic mass is 16.1. The molecule has 1 N–H and O–H groups in total. The third kappa shape index (κ3) is 2.95. The molecule has 0 saturated carbocycles. The molecular weight excluding hydrogens is 284 g/mol. The van der Waals surface area contributed by atoms with Gasteiger partial charge in [-0.25, -0.2) is 4.98 Å². The van der Waals surface area contributed by atoms with Gasteiger partial charge in [-0.05, 0) is 32.4 Å². The Morgan fingerprint density at radius 2 is 1.65 bits per heavy atom. The van der Waals surface area contributed by atoms with Crippen LogP contribution in [0.5, 0.6) is 0 Å². The van der Waals surface area contributed by atoms with E-state index in [9.17, 15) is 4.79 Å². The van der Waals surface area contributed by atoms with Crippen molar-refractivity contribution in [2.24, 2.45) is 0 Å². The largest absolute Gasteiger partial charge is 0.350 e. The minimum absolute atomic E-state index is 0.0479. The summed E-state index contributed by atoms with van der Waals surface area (Å²) in [5.74, 6) is -0.0479. The van der Waals surface area contributed by atoms with Crippen molar-refractivity contribution in [3.05, 3.63) is 65.7 Å². The second-order valence-corrected chi connectivity index (χ2v) is 5.97. The normalized spacial score (nSPS) is 11.0. The van der Waals surface area contributed by atoms with Crippen LogP contribution in [0.2, 0.25) is 0 Å². The van der Waals surface area contributed by atoms with Gasteiger partial charge >= 0.3 is 0 Å². The average Bonchev–Trinajstić information content (AvgIpc) is 2.54. The molecule has 0 aliphatic rings. The molecule has 116 valence electrons. The van der Waals surface area contributed by atoms with Crippen LogP contribution in [0, 0.1) is 6.92 Å². The molecule has 0 aliphatic heterocycles. The Labute approximate surface area is 136 Å². The maximum absolute atomic E-state index is 12.7. The molecule has 0 radical (unpaired) electrons. The molecule has 0 aliphatic carbocycles. The number of para-hydroxylation sites is 1. The number of nitrogens with one attached hydrogen (secondary N) is 1. The number of carbonyl (C=O) groups is 1. The first-order valence-corrected chi connectivity index (χ1v) is 7.83. The lowest BCUT2D eigenvalue weighted by molar-refractivity contribution is 0.0944. The van der Waals surface area contributed by atoms with Crippen LogP contribution in [0.15, 0.2) is 54.6 Å². The zero-order chi connectivity index (χ0) is 16.4. The molecule has 1 amide bonds. The van der Waals surface area contributed by atoms with Gasteiger partial charge in [0, 0.05) is 17.0 Å². The Morgan fingerprint density at radius 3 is 2.35 bits per heavy atom. The van der Waals surface area contributed by atoms with E-state index in [1.807, 2.05) is 75.4 Å². The maximum atomic E-state index is 12.7. The third-order valence-corrected chi connectivity index (χ3v) is 3.83. The van der Waals surface area contributed by atoms with Crippen LogP contribution >= 0.6 is 0 Å². The number of rotatable bonds is 3. The van der Waals surface area contributed by atoms with E-state index in [-0.39, 0.29) is 11.9 Å². The number of aromatic nitrogens is 1. The number of amides is 1. The Bertz CT molecular complexity index is 854. The molecule has 23 heavy (non-hydrogen) atoms. The van der Waals surface area contributed by atoms with Crippen molar-refractivity contribution in [2.45, 2.75) is 26.8 Å². The van der Waals surface area contributed by atoms with Gasteiger partial charge in [-0.3, -0.25) is 4.79 Å². The molecule has 3 heteroatoms. The lowest BCUT2D eigenvalue weighted by atomic mass is 9.97. The van der Waals surface area contributed by atoms with Gasteiger partial charge in [-0.15, -0.1) is 0 Å². The highest BCUT2D eigenvalue weighted by Crippen LogP contribution is 2.29. The summed E-state index contributed by atoms with van der Waals surface area (Å²) >= 11 is 0. The summed E-state index contributed by atoms with van der Waals surface area (Å²) in [6.45, 7) is 5.90. The van der Waals surface area contributed by atoms with Crippen LogP contribution in [0.4, 0.5) is 0 Å². The quantitative estimate of drug-likeness (QED) is 0.781. The van der Waals surface area contributed by atoms with Crippen LogP contribution < -0.4 is 5.32 Å². The summed E-state index contributed by atoms with van der Waals surface area (Å²) in [6.07, 6.45) is 0. The highest BCUT2D eigenvalue weighted by Gasteiger charge is 2.19. The number of hydrogen-bond acceptors (Lipinski definition) is 2. The molecule has 0 unspecified atom stereocenters. The zero-order valence-corrected chi connectivity index (χ0v) is 13.6. The SMILES string of the molecule is Cc1c(-c2ccccc2)nc2ccccc2c1C(=O)NC(C)C. The van der Waals surface area contributed by atoms with Crippen molar-refractivity contribution in [2.75, 3.05) is 0 Å². The van der Waals surface area contributed by atoms with Crippen LogP contribution in [-0.4, -0.2) is 16.9 Å². The van der Waals surface area contributed by atoms with Gasteiger partial charge in [0.15, 0.2) is 0 Å². The first-order valence-electron chi connectivity index (χ1n) is 7.83. The van der Waals surface area contributed by atoms with Gasteiger partial charge < -0.3 is 5.32 Å². The smallest absolute Gasteiger partial charge is 0.252 e. The number of benzene rings is 2. The molecule has 0 bridgehead atoms. The van der Waals surface area contributed by atoms with Crippen molar-refractivity contribution in [1.82, 2.24) is 10.3 Å². The standard InChI is InChI=1S/C20H20N2O/c1-13(2)21-20(23)18-14(3)19(15-9-5-4-6-10-15)22-17-12-8-7-11-16(17)18/h4-13H,1-3H3,(H,21,23). The van der Waals surface area contributed by atoms with Crippen LogP contribution in [-0.2, 0) is 0 Å². The van der Waals surface area contributed by atoms with Gasteiger partial charge in [-0.1, -0.05) is 48.5 Å². The number of fused-ring (bicyclic) bond motifs is 1. The Balaban J connectivity index is 2.28. The van der Waals surface area contributed by atoms with E-state index in [1.54, 1.807) is 0 Å². The van der Waals surface area contributed by atoms with Crippen LogP contribution in [0.1, 0.15) is 29.8 Å². The fraction of sp³-hybridized carbons (Fsp3) is 0.200. The third-order valence-electron chi connectivity index (χ3n) is 3.83. The van der Waals surface area contributed by atoms with E-state index in [0.29, 0.717) is 5.56 Å². The van der Waals surface area contributed by atoms with E-state index >= 15 is 0 Å². The molecule has 0 fully saturated rings. The molecule has 0 saturated heterocycles. The summed E-state index contributed by atoms with van der Waals surface area (Å²) in [5, 5.41) is 3.90. The molecule has 2 aromatic carbocycles. The minimum Gasteiger partial charge on any atom is -0.350 e. The van der Waals surface area contributed by atoms with Crippen molar-refractivity contribution in [3.8, 4) is 11.3 Å². The fourth-order valence-electron chi connectivity index (χ4n) is 2.81. The molecule has 3 aromatic rings. The Morgan fingerprint density at radius 1 is 1.00 bits per heavy atom. The maximum Gasteiger partial charge on any atom is 0.252 e. The molecule has 3 rings (SSSR count). The lowest BCUT2D eigenvalue weighted by Crippen LogP contribution is -2.31. The van der Waals surface area contributed by atoms with Gasteiger partial charge in [0.05, 0.1) is 16.8 Å². The fourth-order valence-corrected chi connectivity index (χ4v) is 2.81. The monoisotopic (exact) mass is 304 g/mol. The van der Waals surface area contributed by atoms with E-state index in [2.05, 4.69) is 5.32 Å². The van der Waals surface area contributed by atoms with Gasteiger partial charge in [0.2, 0.25) is 0 Å². The molecular formula is C20H20N2O. The summed E-state index contributed by atoms with van der Waals surface area (Å²) in [7, 11) is 0. The van der Waals surface area contributed by atoms with Gasteiger partial charge in [0.25, 0.3) is 5.91 Å². The average molecular weight is 304 g/mol. The number of carbonyl (C=O) groups excluding carboxylic acids is 1. The number of hydrogen-bond donors (Lipinski definition) is 1. The predicted molar refractivity (Wildman–Crippen MR) is 94.5 cm³/mol. The second kappa shape index (κ2) is 6.21. The van der Waals surface area contributed by atoms with Crippen LogP contribution in [0.3, 0.4) is 0 Å². The topological polar surface area (TPSA) is 42.0 Å². The summed E-state index contributed by atoms with van der Waals surface area (Å²) in [6, 6.07) is 17.9. The second-order valence-electron chi connectivity index (χ2n) is 5.97. The van der Waals surface area contributed by atoms with Crippen molar-refractivity contribution >= 4 is 16.8 Å². The molecule has 1 aromatic heterocycles. The van der Waals surface area contributed by atoms with Crippen molar-refractivity contribution in [3.63, 3.8) is 0 Å². The summed E-state index contributed by atoms with van der Waals surface area (Å²) in [4.78, 5) is 17.5. The van der Waals surface area contributed by atoms with E-state index < -0.39 is 0 Å². The molecule has 0 atom stereocenters. The van der Waals surface area contributed by atoms with Gasteiger partial charge in [0.1, 0.15) is 0 Å². The Hall–Kier alpha value is -2.68. The van der Waals surface area contributed by atoms with Crippen molar-refractivity contribution in [1.29, 1.82) is 0 Å². The first kappa shape index (κ1) is 15.2. The minimum atomic E-state index is -0.0479. The lowest BCUT2D eigenvalue weighted by Gasteiger charge is -2.16. The zero-order valence-electron chi connectivity index (χ0n) is 13.6. The molecule has 1 heterocycles. The van der Waals surface area contributed by atoms with E-state index in [4.69, 9.17) is 4.98 Å². The summed E-state index contributed by atoms with van der Waals surface area (Å²) < 4.78 is 0. The molecule has 3 nitrogen and oxygen atoms in total. The van der Waals surface area contributed by atoms with Crippen molar-refractivity contribution < 1.29 is 4.79 Å². The van der Waals surface area contributed by atoms with E-state index in [1.165, 1.54) is 0 Å². The summed E-state index contributed by atoms with van der Waals surface area (Å²) in [5.41, 5.74) is 4.34. The Kier molecular flexibility index (Phi) is 4.11. The number of pyridine rings is 1.